The van der Waals surface area contributed by atoms with Crippen LogP contribution < -0.4 is 21.3 Å². The van der Waals surface area contributed by atoms with Crippen molar-refractivity contribution >= 4 is 51.2 Å². The van der Waals surface area contributed by atoms with Crippen molar-refractivity contribution < 1.29 is 28.7 Å². The Balaban J connectivity index is 2.53. The van der Waals surface area contributed by atoms with Gasteiger partial charge in [0.1, 0.15) is 30.3 Å². The van der Waals surface area contributed by atoms with E-state index < -0.39 is 59.9 Å². The highest BCUT2D eigenvalue weighted by Crippen LogP contribution is 2.24. The number of hydrogen-bond acceptors (Lipinski definition) is 8. The maximum atomic E-state index is 13.2. The van der Waals surface area contributed by atoms with Crippen LogP contribution in [0.3, 0.4) is 0 Å². The Labute approximate surface area is 220 Å². The molecule has 0 aromatic rings. The maximum absolute atomic E-state index is 13.2. The Morgan fingerprint density at radius 2 is 1.58 bits per heavy atom. The highest BCUT2D eigenvalue weighted by molar-refractivity contribution is 8.76. The Morgan fingerprint density at radius 3 is 2.22 bits per heavy atom. The minimum Gasteiger partial charge on any atom is -0.456 e. The molecule has 12 heteroatoms. The van der Waals surface area contributed by atoms with Gasteiger partial charge < -0.3 is 26.0 Å². The smallest absolute Gasteiger partial charge is 0.329 e. The first-order valence-electron chi connectivity index (χ1n) is 12.4. The second kappa shape index (κ2) is 14.5. The van der Waals surface area contributed by atoms with E-state index in [-0.39, 0.29) is 30.4 Å². The van der Waals surface area contributed by atoms with E-state index in [1.54, 1.807) is 51.5 Å². The number of carbonyl (C=O) groups excluding carboxylic acids is 5. The number of carbonyl (C=O) groups is 5. The molecule has 202 valence electrons. The normalized spacial score (nSPS) is 29.6. The van der Waals surface area contributed by atoms with Gasteiger partial charge in [-0.2, -0.15) is 0 Å². The van der Waals surface area contributed by atoms with Gasteiger partial charge in [-0.3, -0.25) is 19.2 Å². The van der Waals surface area contributed by atoms with Crippen LogP contribution in [0, 0.1) is 11.8 Å². The van der Waals surface area contributed by atoms with Gasteiger partial charge in [-0.15, -0.1) is 0 Å². The van der Waals surface area contributed by atoms with Crippen LogP contribution in [0.5, 0.6) is 0 Å². The van der Waals surface area contributed by atoms with Crippen LogP contribution in [0.4, 0.5) is 0 Å². The monoisotopic (exact) mass is 542 g/mol. The van der Waals surface area contributed by atoms with Crippen molar-refractivity contribution in [3.8, 4) is 0 Å². The van der Waals surface area contributed by atoms with Crippen LogP contribution >= 0.6 is 21.6 Å². The minimum atomic E-state index is -0.962. The average molecular weight is 543 g/mol. The summed E-state index contributed by atoms with van der Waals surface area (Å²) in [5, 5.41) is 10.9. The standard InChI is InChI=1S/C24H38N4O6S2/c1-6-16-21(30)28-20(14(4)5)24(33)34-15-9-7-8-10-35-36-12-17(22(31)25-16)26-23(32)19(13(2)3)27-18(29)11-15/h7,9,13-17,19-20H,6,8,10-12H2,1-5H3,(H,25,31)(H,26,32)(H,27,29)(H,28,30). The molecule has 0 saturated carbocycles. The molecule has 1 fully saturated rings. The van der Waals surface area contributed by atoms with E-state index >= 15 is 0 Å². The molecule has 2 aliphatic rings. The Hall–Kier alpha value is -2.21. The van der Waals surface area contributed by atoms with E-state index in [2.05, 4.69) is 21.3 Å². The lowest BCUT2D eigenvalue weighted by molar-refractivity contribution is -0.153. The summed E-state index contributed by atoms with van der Waals surface area (Å²) in [6.45, 7) is 8.88. The molecule has 2 aliphatic heterocycles. The van der Waals surface area contributed by atoms with E-state index in [1.807, 2.05) is 6.08 Å². The SMILES string of the molecule is CCC1NC(=O)C2CSSCCC=CC(CC(=O)NC(C(C)C)C(=O)N2)OC(=O)C(C(C)C)NC1=O. The highest BCUT2D eigenvalue weighted by Gasteiger charge is 2.34. The fraction of sp³-hybridized carbons (Fsp3) is 0.708. The lowest BCUT2D eigenvalue weighted by Gasteiger charge is -2.29. The van der Waals surface area contributed by atoms with Crippen LogP contribution in [0.1, 0.15) is 53.9 Å². The number of ether oxygens (including phenoxy) is 1. The summed E-state index contributed by atoms with van der Waals surface area (Å²) in [7, 11) is 2.98. The Bertz CT molecular complexity index is 850. The molecule has 0 aliphatic carbocycles. The second-order valence-corrected chi connectivity index (χ2v) is 12.2. The molecule has 0 radical (unpaired) electrons. The molecule has 5 unspecified atom stereocenters. The van der Waals surface area contributed by atoms with E-state index in [0.717, 1.165) is 5.75 Å². The molecule has 2 bridgehead atoms. The van der Waals surface area contributed by atoms with Crippen molar-refractivity contribution in [3.63, 3.8) is 0 Å². The minimum absolute atomic E-state index is 0.180. The predicted octanol–water partition coefficient (Wildman–Crippen LogP) is 1.30. The number of nitrogens with one attached hydrogen (secondary N) is 4. The summed E-state index contributed by atoms with van der Waals surface area (Å²) in [5.41, 5.74) is 0. The molecule has 0 aromatic carbocycles. The zero-order valence-corrected chi connectivity index (χ0v) is 23.1. The van der Waals surface area contributed by atoms with Crippen molar-refractivity contribution in [2.75, 3.05) is 11.5 Å². The molecule has 2 heterocycles. The van der Waals surface area contributed by atoms with Gasteiger partial charge in [0.15, 0.2) is 0 Å². The number of allylic oxidation sites excluding steroid dienone is 1. The Morgan fingerprint density at radius 1 is 0.889 bits per heavy atom. The molecule has 2 rings (SSSR count). The Kier molecular flexibility index (Phi) is 12.1. The number of hydrogen-bond donors (Lipinski definition) is 4. The summed E-state index contributed by atoms with van der Waals surface area (Å²) in [6, 6.07) is -3.67. The number of rotatable bonds is 3. The largest absolute Gasteiger partial charge is 0.456 e. The van der Waals surface area contributed by atoms with Crippen molar-refractivity contribution in [2.45, 2.75) is 84.2 Å². The van der Waals surface area contributed by atoms with E-state index in [0.29, 0.717) is 6.42 Å². The summed E-state index contributed by atoms with van der Waals surface area (Å²) in [4.78, 5) is 65.3. The lowest BCUT2D eigenvalue weighted by atomic mass is 10.0. The molecule has 5 atom stereocenters. The molecule has 4 amide bonds. The molecular weight excluding hydrogens is 504 g/mol. The van der Waals surface area contributed by atoms with Gasteiger partial charge in [0.05, 0.1) is 6.42 Å². The van der Waals surface area contributed by atoms with Crippen molar-refractivity contribution in [3.05, 3.63) is 12.2 Å². The molecule has 1 saturated heterocycles. The quantitative estimate of drug-likeness (QED) is 0.238. The van der Waals surface area contributed by atoms with Gasteiger partial charge in [-0.25, -0.2) is 4.79 Å². The molecular formula is C24H38N4O6S2. The van der Waals surface area contributed by atoms with Crippen LogP contribution in [0.2, 0.25) is 0 Å². The summed E-state index contributed by atoms with van der Waals surface area (Å²) in [5.74, 6) is -2.20. The lowest BCUT2D eigenvalue weighted by Crippen LogP contribution is -2.59. The van der Waals surface area contributed by atoms with Gasteiger partial charge >= 0.3 is 5.97 Å². The van der Waals surface area contributed by atoms with Crippen molar-refractivity contribution in [2.24, 2.45) is 11.8 Å². The molecule has 36 heavy (non-hydrogen) atoms. The third-order valence-corrected chi connectivity index (χ3v) is 8.30. The van der Waals surface area contributed by atoms with Crippen molar-refractivity contribution in [1.82, 2.24) is 21.3 Å². The van der Waals surface area contributed by atoms with E-state index in [9.17, 15) is 24.0 Å². The first-order chi connectivity index (χ1) is 17.0. The molecule has 0 aromatic heterocycles. The second-order valence-electron chi connectivity index (χ2n) is 9.55. The number of fused-ring (bicyclic) bond motifs is 7. The third kappa shape index (κ3) is 9.02. The van der Waals surface area contributed by atoms with Crippen LogP contribution in [-0.2, 0) is 28.7 Å². The van der Waals surface area contributed by atoms with Crippen LogP contribution in [0.25, 0.3) is 0 Å². The molecule has 0 spiro atoms. The topological polar surface area (TPSA) is 143 Å². The molecule has 4 N–H and O–H groups in total. The fourth-order valence-corrected chi connectivity index (χ4v) is 5.84. The predicted molar refractivity (Wildman–Crippen MR) is 141 cm³/mol. The van der Waals surface area contributed by atoms with Crippen LogP contribution in [0.15, 0.2) is 12.2 Å². The zero-order valence-electron chi connectivity index (χ0n) is 21.5. The third-order valence-electron chi connectivity index (χ3n) is 5.85. The van der Waals surface area contributed by atoms with Gasteiger partial charge in [0, 0.05) is 11.5 Å². The van der Waals surface area contributed by atoms with Gasteiger partial charge in [0.25, 0.3) is 0 Å². The van der Waals surface area contributed by atoms with Crippen molar-refractivity contribution in [1.29, 1.82) is 0 Å². The average Bonchev–Trinajstić information content (AvgIpc) is 2.81. The number of esters is 1. The summed E-state index contributed by atoms with van der Waals surface area (Å²) >= 11 is 0. The summed E-state index contributed by atoms with van der Waals surface area (Å²) in [6.07, 6.45) is 3.42. The first-order valence-corrected chi connectivity index (χ1v) is 14.8. The van der Waals surface area contributed by atoms with Crippen LogP contribution in [-0.4, -0.2) is 71.4 Å². The van der Waals surface area contributed by atoms with E-state index in [1.165, 1.54) is 10.8 Å². The highest BCUT2D eigenvalue weighted by atomic mass is 33.1. The fourth-order valence-electron chi connectivity index (χ4n) is 3.68. The number of amides is 4. The first kappa shape index (κ1) is 30.0. The summed E-state index contributed by atoms with van der Waals surface area (Å²) < 4.78 is 5.67. The maximum Gasteiger partial charge on any atom is 0.329 e. The molecule has 10 nitrogen and oxygen atoms in total. The van der Waals surface area contributed by atoms with E-state index in [4.69, 9.17) is 4.74 Å². The zero-order chi connectivity index (χ0) is 26.8. The van der Waals surface area contributed by atoms with Gasteiger partial charge in [0.2, 0.25) is 23.6 Å². The van der Waals surface area contributed by atoms with Gasteiger partial charge in [-0.1, -0.05) is 62.3 Å². The van der Waals surface area contributed by atoms with Gasteiger partial charge in [-0.05, 0) is 30.8 Å².